The Labute approximate surface area is 121 Å². The van der Waals surface area contributed by atoms with E-state index in [1.807, 2.05) is 13.1 Å². The quantitative estimate of drug-likeness (QED) is 0.908. The summed E-state index contributed by atoms with van der Waals surface area (Å²) >= 11 is 0. The molecule has 0 amide bonds. The topological polar surface area (TPSA) is 15.3 Å². The van der Waals surface area contributed by atoms with Gasteiger partial charge in [-0.1, -0.05) is 18.6 Å². The molecule has 2 aliphatic rings. The lowest BCUT2D eigenvalue weighted by Gasteiger charge is -2.40. The van der Waals surface area contributed by atoms with Crippen molar-refractivity contribution in [3.63, 3.8) is 0 Å². The van der Waals surface area contributed by atoms with Gasteiger partial charge in [0.15, 0.2) is 0 Å². The Morgan fingerprint density at radius 3 is 3.05 bits per heavy atom. The molecule has 1 heterocycles. The molecule has 0 saturated carbocycles. The normalized spacial score (nSPS) is 26.7. The first-order chi connectivity index (χ1) is 9.81. The van der Waals surface area contributed by atoms with E-state index in [1.54, 1.807) is 6.07 Å². The maximum atomic E-state index is 13.9. The van der Waals surface area contributed by atoms with Gasteiger partial charge in [-0.15, -0.1) is 0 Å². The summed E-state index contributed by atoms with van der Waals surface area (Å²) in [4.78, 5) is 2.66. The highest BCUT2D eigenvalue weighted by atomic mass is 19.1. The van der Waals surface area contributed by atoms with Crippen LogP contribution in [0, 0.1) is 5.82 Å². The lowest BCUT2D eigenvalue weighted by atomic mass is 9.95. The summed E-state index contributed by atoms with van der Waals surface area (Å²) in [6.07, 6.45) is 7.12. The van der Waals surface area contributed by atoms with Crippen molar-refractivity contribution in [1.29, 1.82) is 0 Å². The molecule has 0 radical (unpaired) electrons. The van der Waals surface area contributed by atoms with Crippen molar-refractivity contribution < 1.29 is 4.39 Å². The smallest absolute Gasteiger partial charge is 0.126 e. The first kappa shape index (κ1) is 14.0. The Balaban J connectivity index is 1.80. The number of rotatable bonds is 4. The maximum absolute atomic E-state index is 13.9. The predicted octanol–water partition coefficient (Wildman–Crippen LogP) is 3.28. The van der Waals surface area contributed by atoms with E-state index in [1.165, 1.54) is 37.8 Å². The zero-order valence-electron chi connectivity index (χ0n) is 12.4. The molecule has 1 saturated heterocycles. The number of piperidine rings is 1. The molecule has 1 fully saturated rings. The molecule has 1 aliphatic heterocycles. The van der Waals surface area contributed by atoms with Gasteiger partial charge in [-0.25, -0.2) is 4.39 Å². The molecular weight excluding hydrogens is 251 g/mol. The van der Waals surface area contributed by atoms with Gasteiger partial charge in [0.1, 0.15) is 5.82 Å². The summed E-state index contributed by atoms with van der Waals surface area (Å²) in [6, 6.07) is 6.73. The summed E-state index contributed by atoms with van der Waals surface area (Å²) in [5.74, 6) is -0.00576. The molecule has 2 unspecified atom stereocenters. The zero-order valence-corrected chi connectivity index (χ0v) is 12.4. The molecule has 3 rings (SSSR count). The van der Waals surface area contributed by atoms with Crippen LogP contribution in [0.25, 0.3) is 0 Å². The Morgan fingerprint density at radius 1 is 1.30 bits per heavy atom. The lowest BCUT2D eigenvalue weighted by Crippen LogP contribution is -2.42. The third kappa shape index (κ3) is 2.61. The Morgan fingerprint density at radius 2 is 2.20 bits per heavy atom. The fourth-order valence-electron chi connectivity index (χ4n) is 3.99. The average molecular weight is 276 g/mol. The highest BCUT2D eigenvalue weighted by molar-refractivity contribution is 5.35. The molecule has 20 heavy (non-hydrogen) atoms. The van der Waals surface area contributed by atoms with Gasteiger partial charge >= 0.3 is 0 Å². The Bertz CT molecular complexity index is 460. The van der Waals surface area contributed by atoms with Crippen molar-refractivity contribution in [2.75, 3.05) is 20.1 Å². The van der Waals surface area contributed by atoms with Crippen LogP contribution in [-0.2, 0) is 6.42 Å². The molecular formula is C17H25FN2. The Kier molecular flexibility index (Phi) is 4.37. The van der Waals surface area contributed by atoms with E-state index in [2.05, 4.69) is 16.3 Å². The van der Waals surface area contributed by atoms with Crippen molar-refractivity contribution >= 4 is 0 Å². The largest absolute Gasteiger partial charge is 0.320 e. The molecule has 110 valence electrons. The molecule has 1 N–H and O–H groups in total. The van der Waals surface area contributed by atoms with Gasteiger partial charge in [-0.3, -0.25) is 4.90 Å². The van der Waals surface area contributed by atoms with E-state index in [-0.39, 0.29) is 5.82 Å². The second-order valence-electron chi connectivity index (χ2n) is 6.14. The second-order valence-corrected chi connectivity index (χ2v) is 6.14. The summed E-state index contributed by atoms with van der Waals surface area (Å²) in [5.41, 5.74) is 2.22. The van der Waals surface area contributed by atoms with Crippen LogP contribution in [0.15, 0.2) is 18.2 Å². The molecule has 1 aliphatic carbocycles. The number of likely N-dealkylation sites (tertiary alicyclic amines) is 1. The van der Waals surface area contributed by atoms with Crippen molar-refractivity contribution in [2.24, 2.45) is 0 Å². The van der Waals surface area contributed by atoms with Crippen molar-refractivity contribution in [3.05, 3.63) is 35.1 Å². The molecule has 3 heteroatoms. The molecule has 1 aromatic rings. The van der Waals surface area contributed by atoms with Gasteiger partial charge in [-0.05, 0) is 69.4 Å². The monoisotopic (exact) mass is 276 g/mol. The minimum atomic E-state index is -0.00576. The number of nitrogens with one attached hydrogen (secondary N) is 1. The third-order valence-electron chi connectivity index (χ3n) is 4.98. The SMILES string of the molecule is CNCCC1CCCCN1C1CCc2c(F)cccc21. The van der Waals surface area contributed by atoms with Gasteiger partial charge < -0.3 is 5.32 Å². The minimum Gasteiger partial charge on any atom is -0.320 e. The fourth-order valence-corrected chi connectivity index (χ4v) is 3.99. The third-order valence-corrected chi connectivity index (χ3v) is 4.98. The van der Waals surface area contributed by atoms with Crippen LogP contribution < -0.4 is 5.32 Å². The van der Waals surface area contributed by atoms with Gasteiger partial charge in [0.2, 0.25) is 0 Å². The first-order valence-electron chi connectivity index (χ1n) is 7.99. The number of nitrogens with zero attached hydrogens (tertiary/aromatic N) is 1. The van der Waals surface area contributed by atoms with Crippen LogP contribution >= 0.6 is 0 Å². The van der Waals surface area contributed by atoms with E-state index in [0.717, 1.165) is 24.9 Å². The molecule has 2 atom stereocenters. The van der Waals surface area contributed by atoms with Crippen LogP contribution in [-0.4, -0.2) is 31.1 Å². The highest BCUT2D eigenvalue weighted by Gasteiger charge is 2.34. The fraction of sp³-hybridized carbons (Fsp3) is 0.647. The summed E-state index contributed by atoms with van der Waals surface area (Å²) in [7, 11) is 2.02. The highest BCUT2D eigenvalue weighted by Crippen LogP contribution is 2.40. The van der Waals surface area contributed by atoms with Crippen LogP contribution in [0.5, 0.6) is 0 Å². The first-order valence-corrected chi connectivity index (χ1v) is 7.99. The van der Waals surface area contributed by atoms with Gasteiger partial charge in [-0.2, -0.15) is 0 Å². The molecule has 0 aromatic heterocycles. The van der Waals surface area contributed by atoms with Crippen LogP contribution in [0.2, 0.25) is 0 Å². The molecule has 0 spiro atoms. The molecule has 1 aromatic carbocycles. The van der Waals surface area contributed by atoms with Crippen LogP contribution in [0.1, 0.15) is 49.3 Å². The standard InChI is InChI=1S/C17H25FN2/c1-19-11-10-13-5-2-3-12-20(13)17-9-8-14-15(17)6-4-7-16(14)18/h4,6-7,13,17,19H,2-3,5,8-12H2,1H3. The number of halogens is 1. The van der Waals surface area contributed by atoms with E-state index < -0.39 is 0 Å². The maximum Gasteiger partial charge on any atom is 0.126 e. The van der Waals surface area contributed by atoms with Crippen molar-refractivity contribution in [3.8, 4) is 0 Å². The van der Waals surface area contributed by atoms with E-state index in [0.29, 0.717) is 12.1 Å². The van der Waals surface area contributed by atoms with Gasteiger partial charge in [0.05, 0.1) is 0 Å². The lowest BCUT2D eigenvalue weighted by molar-refractivity contribution is 0.0889. The van der Waals surface area contributed by atoms with Crippen LogP contribution in [0.4, 0.5) is 4.39 Å². The second kappa shape index (κ2) is 6.23. The van der Waals surface area contributed by atoms with Crippen LogP contribution in [0.3, 0.4) is 0 Å². The van der Waals surface area contributed by atoms with Crippen molar-refractivity contribution in [2.45, 2.75) is 50.6 Å². The summed E-state index contributed by atoms with van der Waals surface area (Å²) < 4.78 is 13.9. The summed E-state index contributed by atoms with van der Waals surface area (Å²) in [6.45, 7) is 2.25. The minimum absolute atomic E-state index is 0.00576. The van der Waals surface area contributed by atoms with E-state index in [9.17, 15) is 4.39 Å². The van der Waals surface area contributed by atoms with E-state index >= 15 is 0 Å². The number of hydrogen-bond donors (Lipinski definition) is 1. The molecule has 0 bridgehead atoms. The molecule has 2 nitrogen and oxygen atoms in total. The number of fused-ring (bicyclic) bond motifs is 1. The average Bonchev–Trinajstić information content (AvgIpc) is 2.91. The predicted molar refractivity (Wildman–Crippen MR) is 80.4 cm³/mol. The van der Waals surface area contributed by atoms with E-state index in [4.69, 9.17) is 0 Å². The summed E-state index contributed by atoms with van der Waals surface area (Å²) in [5, 5.41) is 3.27. The van der Waals surface area contributed by atoms with Gasteiger partial charge in [0.25, 0.3) is 0 Å². The van der Waals surface area contributed by atoms with Gasteiger partial charge in [0, 0.05) is 12.1 Å². The zero-order chi connectivity index (χ0) is 13.9. The number of hydrogen-bond acceptors (Lipinski definition) is 2. The number of benzene rings is 1. The van der Waals surface area contributed by atoms with Crippen molar-refractivity contribution in [1.82, 2.24) is 10.2 Å². The Hall–Kier alpha value is -0.930.